The Hall–Kier alpha value is -3.23. The van der Waals surface area contributed by atoms with Crippen molar-refractivity contribution in [2.24, 2.45) is 0 Å². The van der Waals surface area contributed by atoms with E-state index in [1.54, 1.807) is 47.7 Å². The number of carbonyl (C=O) groups excluding carboxylic acids is 2. The van der Waals surface area contributed by atoms with E-state index < -0.39 is 0 Å². The molecule has 0 aliphatic rings. The fourth-order valence-electron chi connectivity index (χ4n) is 2.97. The summed E-state index contributed by atoms with van der Waals surface area (Å²) in [5, 5.41) is 10.5. The van der Waals surface area contributed by atoms with Gasteiger partial charge in [0.2, 0.25) is 0 Å². The first-order valence-electron chi connectivity index (χ1n) is 9.80. The minimum Gasteiger partial charge on any atom is -0.348 e. The zero-order chi connectivity index (χ0) is 22.2. The van der Waals surface area contributed by atoms with E-state index >= 15 is 0 Å². The Balaban J connectivity index is 1.48. The second-order valence-corrected chi connectivity index (χ2v) is 8.20. The lowest BCUT2D eigenvalue weighted by Crippen LogP contribution is -2.36. The first kappa shape index (κ1) is 22.5. The van der Waals surface area contributed by atoms with Crippen LogP contribution in [0.1, 0.15) is 26.8 Å². The summed E-state index contributed by atoms with van der Waals surface area (Å²) >= 11 is 1.65. The van der Waals surface area contributed by atoms with Crippen LogP contribution in [0.3, 0.4) is 0 Å². The zero-order valence-electron chi connectivity index (χ0n) is 17.4. The topological polar surface area (TPSA) is 73.5 Å². The van der Waals surface area contributed by atoms with Crippen LogP contribution in [0.2, 0.25) is 0 Å². The molecule has 0 spiro atoms. The Morgan fingerprint density at radius 1 is 1.00 bits per heavy atom. The van der Waals surface area contributed by atoms with Gasteiger partial charge in [-0.2, -0.15) is 0 Å². The third kappa shape index (κ3) is 6.63. The number of halogens is 1. The molecule has 31 heavy (non-hydrogen) atoms. The van der Waals surface area contributed by atoms with E-state index in [2.05, 4.69) is 26.9 Å². The zero-order valence-corrected chi connectivity index (χ0v) is 18.2. The highest BCUT2D eigenvalue weighted by atomic mass is 32.1. The van der Waals surface area contributed by atoms with E-state index in [4.69, 9.17) is 0 Å². The van der Waals surface area contributed by atoms with Gasteiger partial charge in [0, 0.05) is 29.2 Å². The molecule has 0 aliphatic carbocycles. The van der Waals surface area contributed by atoms with E-state index in [1.807, 2.05) is 25.5 Å². The molecule has 3 N–H and O–H groups in total. The number of urea groups is 1. The first-order valence-corrected chi connectivity index (χ1v) is 10.7. The predicted molar refractivity (Wildman–Crippen MR) is 122 cm³/mol. The van der Waals surface area contributed by atoms with Crippen LogP contribution in [0.5, 0.6) is 0 Å². The lowest BCUT2D eigenvalue weighted by Gasteiger charge is -2.23. The molecule has 3 aromatic rings. The van der Waals surface area contributed by atoms with Crippen molar-refractivity contribution in [3.05, 3.63) is 87.9 Å². The van der Waals surface area contributed by atoms with Gasteiger partial charge in [0.15, 0.2) is 0 Å². The molecule has 1 atom stereocenters. The highest BCUT2D eigenvalue weighted by Gasteiger charge is 2.16. The smallest absolute Gasteiger partial charge is 0.319 e. The van der Waals surface area contributed by atoms with Crippen LogP contribution >= 0.6 is 11.3 Å². The Kier molecular flexibility index (Phi) is 7.75. The van der Waals surface area contributed by atoms with Gasteiger partial charge in [-0.1, -0.05) is 18.2 Å². The van der Waals surface area contributed by atoms with Gasteiger partial charge < -0.3 is 20.9 Å². The normalized spacial score (nSPS) is 11.7. The van der Waals surface area contributed by atoms with E-state index in [0.29, 0.717) is 24.3 Å². The van der Waals surface area contributed by atoms with Gasteiger partial charge >= 0.3 is 6.03 Å². The maximum atomic E-state index is 12.9. The second-order valence-electron chi connectivity index (χ2n) is 7.22. The van der Waals surface area contributed by atoms with Crippen molar-refractivity contribution in [1.29, 1.82) is 0 Å². The molecule has 162 valence electrons. The minimum atomic E-state index is -0.314. The van der Waals surface area contributed by atoms with Gasteiger partial charge in [0.05, 0.1) is 6.04 Å². The van der Waals surface area contributed by atoms with Crippen LogP contribution in [0.15, 0.2) is 66.0 Å². The van der Waals surface area contributed by atoms with Crippen LogP contribution in [-0.4, -0.2) is 37.5 Å². The number of thiophene rings is 1. The van der Waals surface area contributed by atoms with Crippen LogP contribution in [0, 0.1) is 5.82 Å². The van der Waals surface area contributed by atoms with Crippen molar-refractivity contribution >= 4 is 29.0 Å². The second kappa shape index (κ2) is 10.7. The Morgan fingerprint density at radius 3 is 2.32 bits per heavy atom. The molecule has 1 heterocycles. The third-order valence-electron chi connectivity index (χ3n) is 4.72. The fraction of sp³-hybridized carbons (Fsp3) is 0.217. The highest BCUT2D eigenvalue weighted by Crippen LogP contribution is 2.22. The predicted octanol–water partition coefficient (Wildman–Crippen LogP) is 4.24. The van der Waals surface area contributed by atoms with Gasteiger partial charge in [-0.05, 0) is 67.5 Å². The summed E-state index contributed by atoms with van der Waals surface area (Å²) in [7, 11) is 3.95. The summed E-state index contributed by atoms with van der Waals surface area (Å²) in [5.41, 5.74) is 1.87. The molecule has 0 fully saturated rings. The molecular formula is C23H25FN4O2S. The van der Waals surface area contributed by atoms with Gasteiger partial charge in [-0.15, -0.1) is 11.3 Å². The van der Waals surface area contributed by atoms with Crippen molar-refractivity contribution in [1.82, 2.24) is 15.5 Å². The number of carbonyl (C=O) groups is 2. The molecular weight excluding hydrogens is 415 g/mol. The van der Waals surface area contributed by atoms with Crippen molar-refractivity contribution in [2.45, 2.75) is 12.6 Å². The van der Waals surface area contributed by atoms with Crippen molar-refractivity contribution in [3.8, 4) is 0 Å². The number of nitrogens with one attached hydrogen (secondary N) is 3. The molecule has 0 saturated carbocycles. The third-order valence-corrected chi connectivity index (χ3v) is 5.70. The number of likely N-dealkylation sites (N-methyl/N-ethyl adjacent to an activating group) is 1. The number of hydrogen-bond donors (Lipinski definition) is 3. The molecule has 0 radical (unpaired) electrons. The average molecular weight is 441 g/mol. The minimum absolute atomic E-state index is 0.0953. The number of nitrogens with zero attached hydrogens (tertiary/aromatic N) is 1. The Labute approximate surface area is 185 Å². The fourth-order valence-corrected chi connectivity index (χ4v) is 3.90. The SMILES string of the molecule is CN(C)C(CNC(=O)Nc1ccc(C(=O)NCc2ccc(F)cc2)cc1)c1cccs1. The van der Waals surface area contributed by atoms with E-state index in [1.165, 1.54) is 17.0 Å². The van der Waals surface area contributed by atoms with Gasteiger partial charge in [-0.25, -0.2) is 9.18 Å². The summed E-state index contributed by atoms with van der Waals surface area (Å²) in [6.07, 6.45) is 0. The summed E-state index contributed by atoms with van der Waals surface area (Å²) in [4.78, 5) is 27.8. The molecule has 0 aliphatic heterocycles. The first-order chi connectivity index (χ1) is 14.9. The van der Waals surface area contributed by atoms with Crippen LogP contribution < -0.4 is 16.0 Å². The van der Waals surface area contributed by atoms with Gasteiger partial charge in [0.1, 0.15) is 5.82 Å². The van der Waals surface area contributed by atoms with Gasteiger partial charge in [0.25, 0.3) is 5.91 Å². The lowest BCUT2D eigenvalue weighted by atomic mass is 10.1. The van der Waals surface area contributed by atoms with Crippen molar-refractivity contribution < 1.29 is 14.0 Å². The van der Waals surface area contributed by atoms with Crippen molar-refractivity contribution in [2.75, 3.05) is 26.0 Å². The quantitative estimate of drug-likeness (QED) is 0.491. The number of benzene rings is 2. The van der Waals surface area contributed by atoms with E-state index in [9.17, 15) is 14.0 Å². The highest BCUT2D eigenvalue weighted by molar-refractivity contribution is 7.10. The molecule has 1 aromatic heterocycles. The van der Waals surface area contributed by atoms with Crippen LogP contribution in [-0.2, 0) is 6.54 Å². The summed E-state index contributed by atoms with van der Waals surface area (Å²) < 4.78 is 12.9. The Bertz CT molecular complexity index is 989. The Morgan fingerprint density at radius 2 is 1.71 bits per heavy atom. The number of rotatable bonds is 8. The van der Waals surface area contributed by atoms with E-state index in [0.717, 1.165) is 5.56 Å². The van der Waals surface area contributed by atoms with Crippen LogP contribution in [0.25, 0.3) is 0 Å². The maximum absolute atomic E-state index is 12.9. The number of anilines is 1. The average Bonchev–Trinajstić information content (AvgIpc) is 3.28. The lowest BCUT2D eigenvalue weighted by molar-refractivity contribution is 0.0951. The number of amides is 3. The largest absolute Gasteiger partial charge is 0.348 e. The standard InChI is InChI=1S/C23H25FN4O2S/c1-28(2)20(21-4-3-13-31-21)15-26-23(30)27-19-11-7-17(8-12-19)22(29)25-14-16-5-9-18(24)10-6-16/h3-13,20H,14-15H2,1-2H3,(H,25,29)(H2,26,27,30). The monoisotopic (exact) mass is 440 g/mol. The molecule has 3 amide bonds. The van der Waals surface area contributed by atoms with Crippen LogP contribution in [0.4, 0.5) is 14.9 Å². The summed E-state index contributed by atoms with van der Waals surface area (Å²) in [5.74, 6) is -0.559. The van der Waals surface area contributed by atoms with E-state index in [-0.39, 0.29) is 23.8 Å². The molecule has 0 saturated heterocycles. The molecule has 3 rings (SSSR count). The van der Waals surface area contributed by atoms with Gasteiger partial charge in [-0.3, -0.25) is 4.79 Å². The molecule has 1 unspecified atom stereocenters. The molecule has 8 heteroatoms. The summed E-state index contributed by atoms with van der Waals surface area (Å²) in [6, 6.07) is 16.4. The maximum Gasteiger partial charge on any atom is 0.319 e. The molecule has 6 nitrogen and oxygen atoms in total. The molecule has 2 aromatic carbocycles. The summed E-state index contributed by atoms with van der Waals surface area (Å²) in [6.45, 7) is 0.780. The van der Waals surface area contributed by atoms with Crippen molar-refractivity contribution in [3.63, 3.8) is 0 Å². The number of hydrogen-bond acceptors (Lipinski definition) is 4. The molecule has 0 bridgehead atoms.